The second-order valence-electron chi connectivity index (χ2n) is 8.02. The Morgan fingerprint density at radius 1 is 1.09 bits per heavy atom. The molecule has 176 valence electrons. The molecule has 0 aliphatic rings. The first-order valence-corrected chi connectivity index (χ1v) is 13.1. The largest absolute Gasteiger partial charge is 0.348 e. The van der Waals surface area contributed by atoms with E-state index in [1.807, 2.05) is 54.1 Å². The summed E-state index contributed by atoms with van der Waals surface area (Å²) in [5, 5.41) is 8.48. The molecular formula is C27H21ClFN3OS2. The normalized spacial score (nSPS) is 11.1. The van der Waals surface area contributed by atoms with E-state index in [-0.39, 0.29) is 11.7 Å². The van der Waals surface area contributed by atoms with Crippen LogP contribution in [0.4, 0.5) is 4.39 Å². The number of benzene rings is 2. The van der Waals surface area contributed by atoms with Crippen molar-refractivity contribution >= 4 is 40.2 Å². The fourth-order valence-corrected chi connectivity index (χ4v) is 5.71. The van der Waals surface area contributed by atoms with Crippen molar-refractivity contribution in [3.63, 3.8) is 0 Å². The van der Waals surface area contributed by atoms with Crippen LogP contribution < -0.4 is 5.32 Å². The third-order valence-electron chi connectivity index (χ3n) is 5.74. The number of nitrogens with one attached hydrogen (secondary N) is 1. The van der Waals surface area contributed by atoms with Crippen LogP contribution in [0.25, 0.3) is 22.0 Å². The number of carbonyl (C=O) groups excluding carboxylic acids is 1. The van der Waals surface area contributed by atoms with Crippen LogP contribution in [-0.2, 0) is 13.1 Å². The summed E-state index contributed by atoms with van der Waals surface area (Å²) >= 11 is 9.59. The molecule has 1 N–H and O–H groups in total. The predicted molar refractivity (Wildman–Crippen MR) is 142 cm³/mol. The Morgan fingerprint density at radius 2 is 1.89 bits per heavy atom. The predicted octanol–water partition coefficient (Wildman–Crippen LogP) is 7.42. The van der Waals surface area contributed by atoms with Crippen LogP contribution in [0.5, 0.6) is 0 Å². The van der Waals surface area contributed by atoms with E-state index in [2.05, 4.69) is 16.0 Å². The number of thiazole rings is 1. The summed E-state index contributed by atoms with van der Waals surface area (Å²) in [5.74, 6) is -0.481. The van der Waals surface area contributed by atoms with E-state index < -0.39 is 0 Å². The summed E-state index contributed by atoms with van der Waals surface area (Å²) in [6.07, 6.45) is 0. The van der Waals surface area contributed by atoms with Crippen molar-refractivity contribution < 1.29 is 9.18 Å². The van der Waals surface area contributed by atoms with Gasteiger partial charge in [-0.15, -0.1) is 22.7 Å². The average molecular weight is 522 g/mol. The summed E-state index contributed by atoms with van der Waals surface area (Å²) in [6, 6.07) is 19.8. The van der Waals surface area contributed by atoms with Gasteiger partial charge in [0.05, 0.1) is 28.5 Å². The summed E-state index contributed by atoms with van der Waals surface area (Å²) < 4.78 is 15.3. The fraction of sp³-hybridized carbons (Fsp3) is 0.111. The number of amides is 1. The monoisotopic (exact) mass is 521 g/mol. The first kappa shape index (κ1) is 23.5. The highest BCUT2D eigenvalue weighted by atomic mass is 35.5. The van der Waals surface area contributed by atoms with Crippen molar-refractivity contribution in [2.75, 3.05) is 0 Å². The second-order valence-corrected chi connectivity index (χ2v) is 10.3. The van der Waals surface area contributed by atoms with Gasteiger partial charge in [-0.05, 0) is 48.2 Å². The van der Waals surface area contributed by atoms with Gasteiger partial charge in [-0.1, -0.05) is 48.0 Å². The Balaban J connectivity index is 1.48. The number of aromatic nitrogens is 2. The summed E-state index contributed by atoms with van der Waals surface area (Å²) in [5.41, 5.74) is 4.83. The zero-order valence-electron chi connectivity index (χ0n) is 18.8. The lowest BCUT2D eigenvalue weighted by atomic mass is 10.2. The number of carbonyl (C=O) groups is 1. The third kappa shape index (κ3) is 5.07. The van der Waals surface area contributed by atoms with Gasteiger partial charge in [0.15, 0.2) is 0 Å². The lowest BCUT2D eigenvalue weighted by Gasteiger charge is -2.10. The maximum atomic E-state index is 13.2. The molecule has 35 heavy (non-hydrogen) atoms. The van der Waals surface area contributed by atoms with Gasteiger partial charge in [-0.3, -0.25) is 4.79 Å². The Kier molecular flexibility index (Phi) is 6.81. The van der Waals surface area contributed by atoms with E-state index in [9.17, 15) is 9.18 Å². The molecule has 1 amide bonds. The van der Waals surface area contributed by atoms with Gasteiger partial charge in [0.2, 0.25) is 0 Å². The quantitative estimate of drug-likeness (QED) is 0.242. The van der Waals surface area contributed by atoms with Crippen LogP contribution in [0.3, 0.4) is 0 Å². The topological polar surface area (TPSA) is 46.9 Å². The van der Waals surface area contributed by atoms with E-state index in [4.69, 9.17) is 16.6 Å². The van der Waals surface area contributed by atoms with E-state index >= 15 is 0 Å². The van der Waals surface area contributed by atoms with Crippen molar-refractivity contribution in [1.82, 2.24) is 14.9 Å². The van der Waals surface area contributed by atoms with E-state index in [1.54, 1.807) is 23.5 Å². The average Bonchev–Trinajstić information content (AvgIpc) is 3.61. The van der Waals surface area contributed by atoms with Crippen molar-refractivity contribution in [1.29, 1.82) is 0 Å². The molecule has 0 spiro atoms. The minimum atomic E-state index is -0.300. The van der Waals surface area contributed by atoms with Gasteiger partial charge in [0.25, 0.3) is 5.91 Å². The van der Waals surface area contributed by atoms with Crippen LogP contribution >= 0.6 is 34.3 Å². The van der Waals surface area contributed by atoms with Crippen LogP contribution in [0.1, 0.15) is 26.5 Å². The molecule has 0 aliphatic heterocycles. The molecule has 0 saturated carbocycles. The standard InChI is InChI=1S/C27H21ClFN3OS2/c1-17-22(26(33)30-14-18-8-10-19(29)11-9-18)13-25(32(17)15-20-5-4-12-34-20)24-16-35-27(31-24)21-6-2-3-7-23(21)28/h2-13,16H,14-15H2,1H3,(H,30,33). The van der Waals surface area contributed by atoms with Crippen LogP contribution in [0, 0.1) is 12.7 Å². The smallest absolute Gasteiger partial charge is 0.253 e. The van der Waals surface area contributed by atoms with Crippen LogP contribution in [0.2, 0.25) is 5.02 Å². The maximum Gasteiger partial charge on any atom is 0.253 e. The molecule has 2 aromatic carbocycles. The Labute approximate surface area is 215 Å². The molecule has 5 rings (SSSR count). The molecule has 5 aromatic rings. The summed E-state index contributed by atoms with van der Waals surface area (Å²) in [4.78, 5) is 19.2. The molecule has 0 aliphatic carbocycles. The lowest BCUT2D eigenvalue weighted by Crippen LogP contribution is -2.23. The zero-order chi connectivity index (χ0) is 24.4. The number of rotatable bonds is 7. The highest BCUT2D eigenvalue weighted by molar-refractivity contribution is 7.13. The van der Waals surface area contributed by atoms with Gasteiger partial charge >= 0.3 is 0 Å². The minimum Gasteiger partial charge on any atom is -0.348 e. The van der Waals surface area contributed by atoms with Gasteiger partial charge in [-0.2, -0.15) is 0 Å². The molecule has 0 fully saturated rings. The van der Waals surface area contributed by atoms with Crippen molar-refractivity contribution in [2.45, 2.75) is 20.0 Å². The molecule has 8 heteroatoms. The van der Waals surface area contributed by atoms with Crippen LogP contribution in [-0.4, -0.2) is 15.5 Å². The van der Waals surface area contributed by atoms with Crippen LogP contribution in [0.15, 0.2) is 77.5 Å². The van der Waals surface area contributed by atoms with E-state index in [0.29, 0.717) is 23.7 Å². The van der Waals surface area contributed by atoms with Crippen molar-refractivity contribution in [3.05, 3.63) is 110 Å². The zero-order valence-corrected chi connectivity index (χ0v) is 21.2. The van der Waals surface area contributed by atoms with Gasteiger partial charge in [-0.25, -0.2) is 9.37 Å². The van der Waals surface area contributed by atoms with Crippen molar-refractivity contribution in [3.8, 4) is 22.0 Å². The molecule has 0 atom stereocenters. The first-order valence-electron chi connectivity index (χ1n) is 11.0. The molecule has 0 radical (unpaired) electrons. The number of hydrogen-bond donors (Lipinski definition) is 1. The molecule has 0 unspecified atom stereocenters. The number of hydrogen-bond acceptors (Lipinski definition) is 4. The third-order valence-corrected chi connectivity index (χ3v) is 7.81. The number of halogens is 2. The fourth-order valence-electron chi connectivity index (χ4n) is 3.88. The molecule has 0 bridgehead atoms. The first-order chi connectivity index (χ1) is 17.0. The highest BCUT2D eigenvalue weighted by Gasteiger charge is 2.21. The van der Waals surface area contributed by atoms with Gasteiger partial charge in [0.1, 0.15) is 10.8 Å². The highest BCUT2D eigenvalue weighted by Crippen LogP contribution is 2.35. The molecule has 4 nitrogen and oxygen atoms in total. The van der Waals surface area contributed by atoms with Crippen molar-refractivity contribution in [2.24, 2.45) is 0 Å². The molecule has 3 heterocycles. The Morgan fingerprint density at radius 3 is 2.63 bits per heavy atom. The Hall–Kier alpha value is -3.26. The summed E-state index contributed by atoms with van der Waals surface area (Å²) in [7, 11) is 0. The maximum absolute atomic E-state index is 13.2. The molecular weight excluding hydrogens is 501 g/mol. The summed E-state index contributed by atoms with van der Waals surface area (Å²) in [6.45, 7) is 2.91. The minimum absolute atomic E-state index is 0.181. The van der Waals surface area contributed by atoms with Gasteiger partial charge in [0, 0.05) is 28.1 Å². The number of thiophene rings is 1. The Bertz CT molecular complexity index is 1470. The molecule has 0 saturated heterocycles. The lowest BCUT2D eigenvalue weighted by molar-refractivity contribution is 0.0950. The van der Waals surface area contributed by atoms with E-state index in [0.717, 1.165) is 33.2 Å². The SMILES string of the molecule is Cc1c(C(=O)NCc2ccc(F)cc2)cc(-c2csc(-c3ccccc3Cl)n2)n1Cc1cccs1. The second kappa shape index (κ2) is 10.2. The van der Waals surface area contributed by atoms with E-state index in [1.165, 1.54) is 28.3 Å². The molecule has 3 aromatic heterocycles. The number of nitrogens with zero attached hydrogens (tertiary/aromatic N) is 2. The van der Waals surface area contributed by atoms with Gasteiger partial charge < -0.3 is 9.88 Å².